The third-order valence-electron chi connectivity index (χ3n) is 5.66. The number of aromatic nitrogens is 2. The lowest BCUT2D eigenvalue weighted by molar-refractivity contribution is -0.127. The predicted molar refractivity (Wildman–Crippen MR) is 118 cm³/mol. The highest BCUT2D eigenvalue weighted by Gasteiger charge is 2.46. The van der Waals surface area contributed by atoms with E-state index in [2.05, 4.69) is 41.4 Å². The standard InChI is InChI=1S/C24H28N4O2/c1-14(22(29)26-16-11-9-15(10-12-16)24(2,3)4)25-23(30)18-13-17(18)21-27-19-7-5-6-8-20(19)28-21/h5-12,14,17-18H,13H2,1-4H3,(H,25,30)(H,26,29)(H,27,28). The van der Waals surface area contributed by atoms with Crippen molar-refractivity contribution in [3.8, 4) is 0 Å². The van der Waals surface area contributed by atoms with E-state index in [-0.39, 0.29) is 29.1 Å². The van der Waals surface area contributed by atoms with Gasteiger partial charge in [-0.2, -0.15) is 0 Å². The van der Waals surface area contributed by atoms with E-state index in [4.69, 9.17) is 0 Å². The third-order valence-corrected chi connectivity index (χ3v) is 5.66. The minimum absolute atomic E-state index is 0.0600. The van der Waals surface area contributed by atoms with E-state index in [1.807, 2.05) is 48.5 Å². The van der Waals surface area contributed by atoms with E-state index >= 15 is 0 Å². The Balaban J connectivity index is 1.32. The molecule has 3 N–H and O–H groups in total. The Hall–Kier alpha value is -3.15. The summed E-state index contributed by atoms with van der Waals surface area (Å²) in [5, 5.41) is 5.71. The largest absolute Gasteiger partial charge is 0.344 e. The molecule has 0 aliphatic heterocycles. The lowest BCUT2D eigenvalue weighted by Gasteiger charge is -2.19. The summed E-state index contributed by atoms with van der Waals surface area (Å²) in [6, 6.07) is 15.0. The van der Waals surface area contributed by atoms with Crippen molar-refractivity contribution < 1.29 is 9.59 Å². The average molecular weight is 405 g/mol. The van der Waals surface area contributed by atoms with Crippen LogP contribution in [0.3, 0.4) is 0 Å². The highest BCUT2D eigenvalue weighted by molar-refractivity contribution is 5.97. The molecular formula is C24H28N4O2. The fourth-order valence-corrected chi connectivity index (χ4v) is 3.63. The fourth-order valence-electron chi connectivity index (χ4n) is 3.63. The molecule has 6 heteroatoms. The molecule has 1 aliphatic carbocycles. The number of amides is 2. The maximum atomic E-state index is 12.6. The summed E-state index contributed by atoms with van der Waals surface area (Å²) >= 11 is 0. The van der Waals surface area contributed by atoms with Gasteiger partial charge < -0.3 is 15.6 Å². The summed E-state index contributed by atoms with van der Waals surface area (Å²) in [4.78, 5) is 33.0. The summed E-state index contributed by atoms with van der Waals surface area (Å²) in [5.41, 5.74) is 3.87. The molecule has 0 bridgehead atoms. The lowest BCUT2D eigenvalue weighted by Crippen LogP contribution is -2.42. The quantitative estimate of drug-likeness (QED) is 0.598. The topological polar surface area (TPSA) is 86.9 Å². The minimum Gasteiger partial charge on any atom is -0.344 e. The second-order valence-electron chi connectivity index (χ2n) is 9.13. The molecule has 1 aliphatic rings. The van der Waals surface area contributed by atoms with Crippen molar-refractivity contribution in [2.45, 2.75) is 51.5 Å². The van der Waals surface area contributed by atoms with Gasteiger partial charge in [0.1, 0.15) is 11.9 Å². The Labute approximate surface area is 176 Å². The molecule has 2 amide bonds. The number of fused-ring (bicyclic) bond motifs is 1. The number of nitrogens with zero attached hydrogens (tertiary/aromatic N) is 1. The SMILES string of the molecule is CC(NC(=O)C1CC1c1nc2ccccc2[nH]1)C(=O)Nc1ccc(C(C)(C)C)cc1. The number of nitrogens with one attached hydrogen (secondary N) is 3. The van der Waals surface area contributed by atoms with Crippen LogP contribution in [-0.2, 0) is 15.0 Å². The zero-order valence-electron chi connectivity index (χ0n) is 17.8. The lowest BCUT2D eigenvalue weighted by atomic mass is 9.87. The van der Waals surface area contributed by atoms with Crippen molar-refractivity contribution >= 4 is 28.5 Å². The average Bonchev–Trinajstić information content (AvgIpc) is 3.39. The van der Waals surface area contributed by atoms with Gasteiger partial charge in [-0.3, -0.25) is 9.59 Å². The zero-order valence-corrected chi connectivity index (χ0v) is 17.8. The molecule has 1 aromatic heterocycles. The number of hydrogen-bond acceptors (Lipinski definition) is 3. The first kappa shape index (κ1) is 20.1. The van der Waals surface area contributed by atoms with E-state index in [1.165, 1.54) is 5.56 Å². The number of imidazole rings is 1. The molecule has 6 nitrogen and oxygen atoms in total. The van der Waals surface area contributed by atoms with Gasteiger partial charge in [0, 0.05) is 17.5 Å². The van der Waals surface area contributed by atoms with Crippen LogP contribution in [0.15, 0.2) is 48.5 Å². The van der Waals surface area contributed by atoms with Gasteiger partial charge in [-0.05, 0) is 48.6 Å². The smallest absolute Gasteiger partial charge is 0.246 e. The van der Waals surface area contributed by atoms with Crippen LogP contribution >= 0.6 is 0 Å². The summed E-state index contributed by atoms with van der Waals surface area (Å²) in [5.74, 6) is 0.441. The second-order valence-corrected chi connectivity index (χ2v) is 9.13. The minimum atomic E-state index is -0.614. The number of benzene rings is 2. The summed E-state index contributed by atoms with van der Waals surface area (Å²) < 4.78 is 0. The maximum Gasteiger partial charge on any atom is 0.246 e. The van der Waals surface area contributed by atoms with Gasteiger partial charge in [0.05, 0.1) is 11.0 Å². The molecule has 1 saturated carbocycles. The summed E-state index contributed by atoms with van der Waals surface area (Å²) in [7, 11) is 0. The van der Waals surface area contributed by atoms with Crippen LogP contribution in [0.5, 0.6) is 0 Å². The van der Waals surface area contributed by atoms with E-state index in [0.717, 1.165) is 29.0 Å². The van der Waals surface area contributed by atoms with Crippen molar-refractivity contribution in [2.75, 3.05) is 5.32 Å². The van der Waals surface area contributed by atoms with Crippen LogP contribution in [0.4, 0.5) is 5.69 Å². The van der Waals surface area contributed by atoms with Crippen LogP contribution in [0, 0.1) is 5.92 Å². The number of H-pyrrole nitrogens is 1. The third kappa shape index (κ3) is 4.22. The van der Waals surface area contributed by atoms with Crippen molar-refractivity contribution in [1.29, 1.82) is 0 Å². The van der Waals surface area contributed by atoms with E-state index in [0.29, 0.717) is 0 Å². The Morgan fingerprint density at radius 1 is 1.10 bits per heavy atom. The first-order valence-corrected chi connectivity index (χ1v) is 10.4. The van der Waals surface area contributed by atoms with Crippen molar-refractivity contribution in [3.05, 3.63) is 59.9 Å². The zero-order chi connectivity index (χ0) is 21.5. The Morgan fingerprint density at radius 2 is 1.80 bits per heavy atom. The molecule has 4 rings (SSSR count). The first-order chi connectivity index (χ1) is 14.2. The molecule has 3 unspecified atom stereocenters. The first-order valence-electron chi connectivity index (χ1n) is 10.4. The Bertz CT molecular complexity index is 1050. The highest BCUT2D eigenvalue weighted by atomic mass is 16.2. The summed E-state index contributed by atoms with van der Waals surface area (Å²) in [6.07, 6.45) is 0.744. The Kier molecular flexibility index (Phi) is 5.10. The maximum absolute atomic E-state index is 12.6. The van der Waals surface area contributed by atoms with E-state index < -0.39 is 6.04 Å². The molecular weight excluding hydrogens is 376 g/mol. The summed E-state index contributed by atoms with van der Waals surface area (Å²) in [6.45, 7) is 8.15. The van der Waals surface area contributed by atoms with Crippen LogP contribution in [0.25, 0.3) is 11.0 Å². The van der Waals surface area contributed by atoms with Crippen LogP contribution in [0.2, 0.25) is 0 Å². The molecule has 156 valence electrons. The van der Waals surface area contributed by atoms with Gasteiger partial charge in [0.2, 0.25) is 11.8 Å². The number of rotatable bonds is 5. The molecule has 1 heterocycles. The molecule has 0 saturated heterocycles. The van der Waals surface area contributed by atoms with Crippen molar-refractivity contribution in [2.24, 2.45) is 5.92 Å². The molecule has 3 aromatic rings. The van der Waals surface area contributed by atoms with E-state index in [9.17, 15) is 9.59 Å². The van der Waals surface area contributed by atoms with Gasteiger partial charge in [-0.25, -0.2) is 4.98 Å². The van der Waals surface area contributed by atoms with Crippen molar-refractivity contribution in [1.82, 2.24) is 15.3 Å². The number of carbonyl (C=O) groups excluding carboxylic acids is 2. The number of carbonyl (C=O) groups is 2. The van der Waals surface area contributed by atoms with Gasteiger partial charge in [0.25, 0.3) is 0 Å². The number of anilines is 1. The molecule has 1 fully saturated rings. The van der Waals surface area contributed by atoms with Crippen LogP contribution < -0.4 is 10.6 Å². The highest BCUT2D eigenvalue weighted by Crippen LogP contribution is 2.46. The molecule has 3 atom stereocenters. The van der Waals surface area contributed by atoms with Gasteiger partial charge in [0.15, 0.2) is 0 Å². The van der Waals surface area contributed by atoms with E-state index in [1.54, 1.807) is 6.92 Å². The van der Waals surface area contributed by atoms with Gasteiger partial charge in [-0.1, -0.05) is 45.0 Å². The van der Waals surface area contributed by atoms with Gasteiger partial charge in [-0.15, -0.1) is 0 Å². The molecule has 30 heavy (non-hydrogen) atoms. The monoisotopic (exact) mass is 404 g/mol. The molecule has 2 aromatic carbocycles. The van der Waals surface area contributed by atoms with Crippen LogP contribution in [-0.4, -0.2) is 27.8 Å². The van der Waals surface area contributed by atoms with Crippen LogP contribution in [0.1, 0.15) is 51.4 Å². The van der Waals surface area contributed by atoms with Gasteiger partial charge >= 0.3 is 0 Å². The molecule has 0 radical (unpaired) electrons. The Morgan fingerprint density at radius 3 is 2.47 bits per heavy atom. The predicted octanol–water partition coefficient (Wildman–Crippen LogP) is 4.11. The number of aromatic amines is 1. The second kappa shape index (κ2) is 7.59. The molecule has 0 spiro atoms. The number of para-hydroxylation sites is 2. The fraction of sp³-hybridized carbons (Fsp3) is 0.375. The van der Waals surface area contributed by atoms with Crippen molar-refractivity contribution in [3.63, 3.8) is 0 Å². The normalized spacial score (nSPS) is 19.3. The number of hydrogen-bond donors (Lipinski definition) is 3.